The van der Waals surface area contributed by atoms with Gasteiger partial charge in [0.05, 0.1) is 11.4 Å². The molecule has 6 nitrogen and oxygen atoms in total. The van der Waals surface area contributed by atoms with Crippen molar-refractivity contribution >= 4 is 35.2 Å². The molecule has 1 heterocycles. The van der Waals surface area contributed by atoms with Gasteiger partial charge >= 0.3 is 5.97 Å². The quantitative estimate of drug-likeness (QED) is 0.657. The van der Waals surface area contributed by atoms with E-state index >= 15 is 0 Å². The van der Waals surface area contributed by atoms with Crippen molar-refractivity contribution in [2.45, 2.75) is 13.3 Å². The van der Waals surface area contributed by atoms with Crippen LogP contribution in [0.2, 0.25) is 0 Å². The molecule has 0 aromatic carbocycles. The minimum atomic E-state index is -1.04. The summed E-state index contributed by atoms with van der Waals surface area (Å²) in [7, 11) is 0. The fraction of sp³-hybridized carbons (Fsp3) is 0.308. The Bertz CT molecular complexity index is 522. The Morgan fingerprint density at radius 3 is 2.70 bits per heavy atom. The summed E-state index contributed by atoms with van der Waals surface area (Å²) in [6.07, 6.45) is 3.26. The molecule has 0 aliphatic carbocycles. The summed E-state index contributed by atoms with van der Waals surface area (Å²) < 4.78 is 0. The minimum absolute atomic E-state index is 0.0724. The third-order valence-electron chi connectivity index (χ3n) is 2.22. The third kappa shape index (κ3) is 5.66. The number of rotatable bonds is 7. The van der Waals surface area contributed by atoms with Gasteiger partial charge in [-0.3, -0.25) is 9.59 Å². The van der Waals surface area contributed by atoms with E-state index < -0.39 is 5.97 Å². The van der Waals surface area contributed by atoms with E-state index in [9.17, 15) is 14.4 Å². The van der Waals surface area contributed by atoms with Crippen LogP contribution in [0.25, 0.3) is 6.08 Å². The van der Waals surface area contributed by atoms with E-state index in [1.54, 1.807) is 12.1 Å². The largest absolute Gasteiger partial charge is 0.478 e. The molecule has 1 rings (SSSR count). The average molecular weight is 296 g/mol. The number of carboxylic acids is 1. The Hall–Kier alpha value is -2.15. The number of carboxylic acid groups (broad SMARTS) is 1. The molecule has 7 heteroatoms. The summed E-state index contributed by atoms with van der Waals surface area (Å²) in [5, 5.41) is 13.7. The van der Waals surface area contributed by atoms with Gasteiger partial charge in [0.15, 0.2) is 0 Å². The normalized spacial score (nSPS) is 10.4. The Kier molecular flexibility index (Phi) is 6.45. The van der Waals surface area contributed by atoms with Crippen LogP contribution in [-0.4, -0.2) is 36.0 Å². The van der Waals surface area contributed by atoms with Crippen molar-refractivity contribution in [1.82, 2.24) is 10.6 Å². The Morgan fingerprint density at radius 2 is 2.05 bits per heavy atom. The van der Waals surface area contributed by atoms with Crippen molar-refractivity contribution < 1.29 is 19.5 Å². The van der Waals surface area contributed by atoms with Crippen molar-refractivity contribution in [2.75, 3.05) is 13.1 Å². The van der Waals surface area contributed by atoms with Crippen LogP contribution in [0.5, 0.6) is 0 Å². The maximum atomic E-state index is 11.8. The van der Waals surface area contributed by atoms with Crippen LogP contribution in [0.1, 0.15) is 27.9 Å². The highest BCUT2D eigenvalue weighted by atomic mass is 32.1. The van der Waals surface area contributed by atoms with Crippen molar-refractivity contribution in [3.63, 3.8) is 0 Å². The zero-order valence-corrected chi connectivity index (χ0v) is 11.8. The molecule has 0 spiro atoms. The van der Waals surface area contributed by atoms with Crippen LogP contribution < -0.4 is 10.6 Å². The third-order valence-corrected chi connectivity index (χ3v) is 3.27. The molecule has 108 valence electrons. The molecule has 0 saturated heterocycles. The molecule has 0 fully saturated rings. The van der Waals surface area contributed by atoms with Gasteiger partial charge in [0.2, 0.25) is 5.91 Å². The maximum Gasteiger partial charge on any atom is 0.328 e. The van der Waals surface area contributed by atoms with Crippen molar-refractivity contribution in [3.05, 3.63) is 28.0 Å². The highest BCUT2D eigenvalue weighted by Crippen LogP contribution is 2.17. The number of carbonyl (C=O) groups is 3. The molecule has 0 saturated carbocycles. The molecule has 0 atom stereocenters. The Labute approximate surface area is 120 Å². The first kappa shape index (κ1) is 15.9. The van der Waals surface area contributed by atoms with Crippen molar-refractivity contribution in [2.24, 2.45) is 0 Å². The summed E-state index contributed by atoms with van der Waals surface area (Å²) in [5.74, 6) is -1.63. The summed E-state index contributed by atoms with van der Waals surface area (Å²) >= 11 is 1.16. The molecule has 2 amide bonds. The van der Waals surface area contributed by atoms with Gasteiger partial charge in [-0.15, -0.1) is 11.3 Å². The summed E-state index contributed by atoms with van der Waals surface area (Å²) in [6.45, 7) is 2.45. The molecular weight excluding hydrogens is 280 g/mol. The predicted octanol–water partition coefficient (Wildman–Crippen LogP) is 1.10. The molecule has 0 unspecified atom stereocenters. The number of nitrogens with one attached hydrogen (secondary N) is 2. The first-order valence-electron chi connectivity index (χ1n) is 6.08. The summed E-state index contributed by atoms with van der Waals surface area (Å²) in [4.78, 5) is 34.5. The number of aliphatic carboxylic acids is 1. The van der Waals surface area contributed by atoms with E-state index in [1.165, 1.54) is 6.08 Å². The van der Waals surface area contributed by atoms with Gasteiger partial charge in [-0.05, 0) is 24.6 Å². The standard InChI is InChI=1S/C13H16N2O4S/c1-2-7-14-11(16)8-15-13(19)10-5-3-9(20-10)4-6-12(17)18/h3-6H,2,7-8H2,1H3,(H,14,16)(H,15,19)(H,17,18). The minimum Gasteiger partial charge on any atom is -0.478 e. The predicted molar refractivity (Wildman–Crippen MR) is 76.6 cm³/mol. The Balaban J connectivity index is 2.48. The van der Waals surface area contributed by atoms with Crippen LogP contribution in [0.3, 0.4) is 0 Å². The van der Waals surface area contributed by atoms with E-state index in [1.807, 2.05) is 6.92 Å². The van der Waals surface area contributed by atoms with Crippen LogP contribution in [0, 0.1) is 0 Å². The molecular formula is C13H16N2O4S. The molecule has 0 bridgehead atoms. The lowest BCUT2D eigenvalue weighted by Gasteiger charge is -2.04. The zero-order valence-electron chi connectivity index (χ0n) is 11.0. The maximum absolute atomic E-state index is 11.8. The average Bonchev–Trinajstić information content (AvgIpc) is 2.89. The fourth-order valence-corrected chi connectivity index (χ4v) is 2.12. The van der Waals surface area contributed by atoms with E-state index in [-0.39, 0.29) is 18.4 Å². The molecule has 0 aliphatic rings. The Morgan fingerprint density at radius 1 is 1.30 bits per heavy atom. The van der Waals surface area contributed by atoms with Gasteiger partial charge < -0.3 is 15.7 Å². The number of carbonyl (C=O) groups excluding carboxylic acids is 2. The first-order valence-corrected chi connectivity index (χ1v) is 6.90. The smallest absolute Gasteiger partial charge is 0.328 e. The van der Waals surface area contributed by atoms with Crippen LogP contribution in [0.4, 0.5) is 0 Å². The van der Waals surface area contributed by atoms with Crippen molar-refractivity contribution in [1.29, 1.82) is 0 Å². The molecule has 0 aliphatic heterocycles. The van der Waals surface area contributed by atoms with Gasteiger partial charge in [-0.1, -0.05) is 6.92 Å². The fourth-order valence-electron chi connectivity index (χ4n) is 1.29. The molecule has 1 aromatic rings. The SMILES string of the molecule is CCCNC(=O)CNC(=O)c1ccc(C=CC(=O)O)s1. The second kappa shape index (κ2) is 8.11. The lowest BCUT2D eigenvalue weighted by Crippen LogP contribution is -2.36. The van der Waals surface area contributed by atoms with Gasteiger partial charge in [0.25, 0.3) is 5.91 Å². The van der Waals surface area contributed by atoms with Gasteiger partial charge in [0, 0.05) is 17.5 Å². The topological polar surface area (TPSA) is 95.5 Å². The second-order valence-corrected chi connectivity index (χ2v) is 5.02. The van der Waals surface area contributed by atoms with Gasteiger partial charge in [-0.2, -0.15) is 0 Å². The highest BCUT2D eigenvalue weighted by Gasteiger charge is 2.09. The van der Waals surface area contributed by atoms with Gasteiger partial charge in [-0.25, -0.2) is 4.79 Å². The van der Waals surface area contributed by atoms with Crippen LogP contribution in [-0.2, 0) is 9.59 Å². The molecule has 20 heavy (non-hydrogen) atoms. The number of hydrogen-bond acceptors (Lipinski definition) is 4. The van der Waals surface area contributed by atoms with Crippen molar-refractivity contribution in [3.8, 4) is 0 Å². The van der Waals surface area contributed by atoms with E-state index in [0.717, 1.165) is 23.8 Å². The van der Waals surface area contributed by atoms with Crippen LogP contribution in [0.15, 0.2) is 18.2 Å². The summed E-state index contributed by atoms with van der Waals surface area (Å²) in [6, 6.07) is 3.24. The molecule has 3 N–H and O–H groups in total. The van der Waals surface area contributed by atoms with E-state index in [0.29, 0.717) is 16.3 Å². The first-order chi connectivity index (χ1) is 9.52. The van der Waals surface area contributed by atoms with Crippen LogP contribution >= 0.6 is 11.3 Å². The zero-order chi connectivity index (χ0) is 15.0. The van der Waals surface area contributed by atoms with Gasteiger partial charge in [0.1, 0.15) is 0 Å². The van der Waals surface area contributed by atoms with E-state index in [4.69, 9.17) is 5.11 Å². The lowest BCUT2D eigenvalue weighted by molar-refractivity contribution is -0.131. The lowest BCUT2D eigenvalue weighted by atomic mass is 10.3. The summed E-state index contributed by atoms with van der Waals surface area (Å²) in [5.41, 5.74) is 0. The monoisotopic (exact) mass is 296 g/mol. The number of thiophene rings is 1. The number of hydrogen-bond donors (Lipinski definition) is 3. The highest BCUT2D eigenvalue weighted by molar-refractivity contribution is 7.14. The van der Waals surface area contributed by atoms with E-state index in [2.05, 4.69) is 10.6 Å². The molecule has 1 aromatic heterocycles. The molecule has 0 radical (unpaired) electrons. The number of amides is 2. The second-order valence-electron chi connectivity index (χ2n) is 3.91.